The third kappa shape index (κ3) is 4.96. The number of rotatable bonds is 5. The zero-order valence-corrected chi connectivity index (χ0v) is 14.1. The summed E-state index contributed by atoms with van der Waals surface area (Å²) in [5.74, 6) is -0.462. The van der Waals surface area contributed by atoms with Gasteiger partial charge in [0.25, 0.3) is 5.91 Å². The second kappa shape index (κ2) is 7.45. The normalized spacial score (nSPS) is 20.4. The molecule has 8 heteroatoms. The Bertz CT molecular complexity index is 702. The van der Waals surface area contributed by atoms with Crippen molar-refractivity contribution in [2.45, 2.75) is 25.2 Å². The summed E-state index contributed by atoms with van der Waals surface area (Å²) in [4.78, 5) is 14.8. The van der Waals surface area contributed by atoms with Crippen LogP contribution in [-0.4, -0.2) is 25.4 Å². The number of nitrogens with one attached hydrogen (secondary N) is 2. The molecule has 1 aromatic heterocycles. The van der Waals surface area contributed by atoms with E-state index in [9.17, 15) is 18.0 Å². The SMILES string of the molecule is O=C(C[NH+]1CCC[C@H]1c1cccs1)Nc1ccc(OC(F)(F)F)cc1. The molecular formula is C17H18F3N2O2S+. The van der Waals surface area contributed by atoms with Crippen LogP contribution in [0.15, 0.2) is 41.8 Å². The lowest BCUT2D eigenvalue weighted by molar-refractivity contribution is -0.910. The number of ether oxygens (including phenoxy) is 1. The summed E-state index contributed by atoms with van der Waals surface area (Å²) in [7, 11) is 0. The van der Waals surface area contributed by atoms with E-state index in [1.165, 1.54) is 34.0 Å². The number of alkyl halides is 3. The monoisotopic (exact) mass is 371 g/mol. The summed E-state index contributed by atoms with van der Waals surface area (Å²) in [6.07, 6.45) is -2.58. The van der Waals surface area contributed by atoms with Crippen LogP contribution in [0.4, 0.5) is 18.9 Å². The number of amides is 1. The first-order chi connectivity index (χ1) is 11.9. The number of halogens is 3. The lowest BCUT2D eigenvalue weighted by atomic mass is 10.2. The summed E-state index contributed by atoms with van der Waals surface area (Å²) >= 11 is 1.70. The molecule has 2 heterocycles. The molecule has 0 aliphatic carbocycles. The second-order valence-corrected chi connectivity index (χ2v) is 6.89. The molecule has 1 saturated heterocycles. The highest BCUT2D eigenvalue weighted by atomic mass is 32.1. The van der Waals surface area contributed by atoms with E-state index in [-0.39, 0.29) is 11.7 Å². The van der Waals surface area contributed by atoms with Crippen LogP contribution >= 0.6 is 11.3 Å². The van der Waals surface area contributed by atoms with Gasteiger partial charge in [0.05, 0.1) is 11.4 Å². The van der Waals surface area contributed by atoms with Crippen LogP contribution in [0, 0.1) is 0 Å². The van der Waals surface area contributed by atoms with Crippen molar-refractivity contribution in [3.63, 3.8) is 0 Å². The van der Waals surface area contributed by atoms with Crippen molar-refractivity contribution in [3.05, 3.63) is 46.7 Å². The Hall–Kier alpha value is -2.06. The molecule has 1 amide bonds. The van der Waals surface area contributed by atoms with Crippen molar-refractivity contribution in [1.82, 2.24) is 0 Å². The van der Waals surface area contributed by atoms with Crippen LogP contribution in [0.2, 0.25) is 0 Å². The van der Waals surface area contributed by atoms with Crippen LogP contribution in [0.25, 0.3) is 0 Å². The van der Waals surface area contributed by atoms with E-state index in [0.29, 0.717) is 18.3 Å². The van der Waals surface area contributed by atoms with E-state index in [4.69, 9.17) is 0 Å². The van der Waals surface area contributed by atoms with Crippen LogP contribution in [-0.2, 0) is 4.79 Å². The molecule has 0 spiro atoms. The van der Waals surface area contributed by atoms with E-state index in [2.05, 4.69) is 16.1 Å². The van der Waals surface area contributed by atoms with Gasteiger partial charge < -0.3 is 15.0 Å². The zero-order valence-electron chi connectivity index (χ0n) is 13.3. The van der Waals surface area contributed by atoms with E-state index in [1.807, 2.05) is 11.4 Å². The summed E-state index contributed by atoms with van der Waals surface area (Å²) in [5.41, 5.74) is 0.450. The fourth-order valence-corrected chi connectivity index (χ4v) is 4.03. The minimum absolute atomic E-state index is 0.150. The average molecular weight is 371 g/mol. The molecule has 134 valence electrons. The molecule has 3 rings (SSSR count). The first-order valence-corrected chi connectivity index (χ1v) is 8.82. The molecule has 1 unspecified atom stereocenters. The van der Waals surface area contributed by atoms with Crippen molar-refractivity contribution in [1.29, 1.82) is 0 Å². The fraction of sp³-hybridized carbons (Fsp3) is 0.353. The number of likely N-dealkylation sites (tertiary alicyclic amines) is 1. The Kier molecular flexibility index (Phi) is 5.29. The largest absolute Gasteiger partial charge is 0.573 e. The Morgan fingerprint density at radius 3 is 2.68 bits per heavy atom. The van der Waals surface area contributed by atoms with Gasteiger partial charge in [0, 0.05) is 18.5 Å². The maximum atomic E-state index is 12.3. The van der Waals surface area contributed by atoms with Gasteiger partial charge in [0.15, 0.2) is 6.54 Å². The Labute approximate surface area is 147 Å². The molecule has 1 fully saturated rings. The van der Waals surface area contributed by atoms with Crippen LogP contribution in [0.1, 0.15) is 23.8 Å². The molecule has 0 bridgehead atoms. The average Bonchev–Trinajstić information content (AvgIpc) is 3.18. The topological polar surface area (TPSA) is 42.8 Å². The molecule has 0 saturated carbocycles. The van der Waals surface area contributed by atoms with E-state index < -0.39 is 6.36 Å². The van der Waals surface area contributed by atoms with Crippen LogP contribution < -0.4 is 15.0 Å². The van der Waals surface area contributed by atoms with Gasteiger partial charge in [-0.15, -0.1) is 24.5 Å². The molecule has 1 aliphatic heterocycles. The van der Waals surface area contributed by atoms with Crippen molar-refractivity contribution in [2.24, 2.45) is 0 Å². The first-order valence-electron chi connectivity index (χ1n) is 7.94. The number of hydrogen-bond acceptors (Lipinski definition) is 3. The predicted octanol–water partition coefficient (Wildman–Crippen LogP) is 3.01. The summed E-state index contributed by atoms with van der Waals surface area (Å²) in [6, 6.07) is 9.61. The number of anilines is 1. The van der Waals surface area contributed by atoms with Crippen molar-refractivity contribution in [2.75, 3.05) is 18.4 Å². The van der Waals surface area contributed by atoms with Gasteiger partial charge in [-0.3, -0.25) is 4.79 Å². The minimum Gasteiger partial charge on any atom is -0.406 e. The van der Waals surface area contributed by atoms with Gasteiger partial charge in [-0.2, -0.15) is 0 Å². The van der Waals surface area contributed by atoms with Gasteiger partial charge in [0.1, 0.15) is 11.8 Å². The number of hydrogen-bond donors (Lipinski definition) is 2. The Morgan fingerprint density at radius 1 is 1.28 bits per heavy atom. The molecule has 25 heavy (non-hydrogen) atoms. The third-order valence-corrected chi connectivity index (χ3v) is 5.12. The van der Waals surface area contributed by atoms with Gasteiger partial charge in [-0.25, -0.2) is 0 Å². The maximum Gasteiger partial charge on any atom is 0.573 e. The van der Waals surface area contributed by atoms with Crippen molar-refractivity contribution >= 4 is 22.9 Å². The predicted molar refractivity (Wildman–Crippen MR) is 88.7 cm³/mol. The Morgan fingerprint density at radius 2 is 2.04 bits per heavy atom. The molecule has 2 N–H and O–H groups in total. The highest BCUT2D eigenvalue weighted by Gasteiger charge is 2.32. The maximum absolute atomic E-state index is 12.3. The minimum atomic E-state index is -4.72. The smallest absolute Gasteiger partial charge is 0.406 e. The molecular weight excluding hydrogens is 353 g/mol. The quantitative estimate of drug-likeness (QED) is 0.849. The van der Waals surface area contributed by atoms with Crippen molar-refractivity contribution < 1.29 is 27.6 Å². The van der Waals surface area contributed by atoms with E-state index in [1.54, 1.807) is 11.3 Å². The molecule has 2 aromatic rings. The fourth-order valence-electron chi connectivity index (χ4n) is 3.11. The number of carbonyl (C=O) groups is 1. The van der Waals surface area contributed by atoms with E-state index in [0.717, 1.165) is 19.4 Å². The summed E-state index contributed by atoms with van der Waals surface area (Å²) in [6.45, 7) is 1.28. The molecule has 4 nitrogen and oxygen atoms in total. The summed E-state index contributed by atoms with van der Waals surface area (Å²) < 4.78 is 40.2. The van der Waals surface area contributed by atoms with E-state index >= 15 is 0 Å². The van der Waals surface area contributed by atoms with Crippen LogP contribution in [0.3, 0.4) is 0 Å². The van der Waals surface area contributed by atoms with Gasteiger partial charge in [0.2, 0.25) is 0 Å². The van der Waals surface area contributed by atoms with Gasteiger partial charge in [-0.1, -0.05) is 6.07 Å². The first kappa shape index (κ1) is 17.8. The molecule has 1 aromatic carbocycles. The Balaban J connectivity index is 1.55. The number of quaternary nitrogens is 1. The molecule has 1 aliphatic rings. The molecule has 0 radical (unpaired) electrons. The number of thiophene rings is 1. The molecule has 2 atom stereocenters. The van der Waals surface area contributed by atoms with Crippen molar-refractivity contribution in [3.8, 4) is 5.75 Å². The number of benzene rings is 1. The highest BCUT2D eigenvalue weighted by Crippen LogP contribution is 2.24. The standard InChI is InChI=1S/C17H17F3N2O2S/c18-17(19,20)24-13-7-5-12(6-8-13)21-16(23)11-22-9-1-3-14(22)15-4-2-10-25-15/h2,4-8,10,14H,1,3,9,11H2,(H,21,23)/p+1/t14-/m0/s1. The lowest BCUT2D eigenvalue weighted by Gasteiger charge is -2.20. The van der Waals surface area contributed by atoms with Gasteiger partial charge >= 0.3 is 6.36 Å². The van der Waals surface area contributed by atoms with Crippen LogP contribution in [0.5, 0.6) is 5.75 Å². The second-order valence-electron chi connectivity index (χ2n) is 5.92. The third-order valence-electron chi connectivity index (χ3n) is 4.13. The summed E-state index contributed by atoms with van der Waals surface area (Å²) in [5, 5.41) is 4.77. The lowest BCUT2D eigenvalue weighted by Crippen LogP contribution is -3.11. The van der Waals surface area contributed by atoms with Gasteiger partial charge in [-0.05, 0) is 35.7 Å². The zero-order chi connectivity index (χ0) is 17.9. The highest BCUT2D eigenvalue weighted by molar-refractivity contribution is 7.10. The number of carbonyl (C=O) groups excluding carboxylic acids is 1.